The molecule has 0 saturated heterocycles. The van der Waals surface area contributed by atoms with Gasteiger partial charge in [0.1, 0.15) is 11.4 Å². The van der Waals surface area contributed by atoms with Crippen LogP contribution < -0.4 is 4.74 Å². The molecule has 0 unspecified atom stereocenters. The molecule has 0 aliphatic carbocycles. The molecular formula is C15H17NOS. The summed E-state index contributed by atoms with van der Waals surface area (Å²) in [5.74, 6) is 0.948. The number of para-hydroxylation sites is 1. The van der Waals surface area contributed by atoms with Gasteiger partial charge in [-0.1, -0.05) is 19.1 Å². The first-order chi connectivity index (χ1) is 8.62. The van der Waals surface area contributed by atoms with Gasteiger partial charge in [0.05, 0.1) is 15.6 Å². The van der Waals surface area contributed by atoms with Crippen LogP contribution in [0.1, 0.15) is 37.1 Å². The summed E-state index contributed by atoms with van der Waals surface area (Å²) in [5, 5.41) is 1.22. The monoisotopic (exact) mass is 259 g/mol. The van der Waals surface area contributed by atoms with Crippen LogP contribution in [0.3, 0.4) is 0 Å². The largest absolute Gasteiger partial charge is 0.482 e. The number of ether oxygens (including phenoxy) is 1. The number of aryl methyl sites for hydroxylation is 1. The molecule has 94 valence electrons. The Morgan fingerprint density at radius 3 is 2.83 bits per heavy atom. The number of rotatable bonds is 2. The second-order valence-electron chi connectivity index (χ2n) is 5.14. The number of aromatic nitrogens is 1. The lowest BCUT2D eigenvalue weighted by Gasteiger charge is -2.31. The maximum Gasteiger partial charge on any atom is 0.140 e. The predicted octanol–water partition coefficient (Wildman–Crippen LogP) is 4.39. The fraction of sp³-hybridized carbons (Fsp3) is 0.400. The third kappa shape index (κ3) is 1.74. The minimum absolute atomic E-state index is 0.270. The van der Waals surface area contributed by atoms with Crippen molar-refractivity contribution in [2.24, 2.45) is 0 Å². The molecule has 0 bridgehead atoms. The lowest BCUT2D eigenvalue weighted by atomic mass is 9.97. The van der Waals surface area contributed by atoms with Gasteiger partial charge >= 0.3 is 0 Å². The molecule has 2 aromatic rings. The first kappa shape index (κ1) is 11.7. The standard InChI is InChI=1S/C15H17NOS/c1-4-7-12-16-13-10-8-5-6-9-11(10)17-15(2,3)14(13)18-12/h5-6,8-9H,4,7H2,1-3H3. The van der Waals surface area contributed by atoms with Gasteiger partial charge in [-0.15, -0.1) is 11.3 Å². The Bertz CT molecular complexity index is 586. The highest BCUT2D eigenvalue weighted by molar-refractivity contribution is 7.12. The minimum atomic E-state index is -0.270. The Kier molecular flexibility index (Phi) is 2.67. The van der Waals surface area contributed by atoms with Gasteiger partial charge in [0.2, 0.25) is 0 Å². The van der Waals surface area contributed by atoms with E-state index in [0.29, 0.717) is 0 Å². The van der Waals surface area contributed by atoms with E-state index in [2.05, 4.69) is 26.8 Å². The second-order valence-corrected chi connectivity index (χ2v) is 6.23. The molecule has 3 heteroatoms. The van der Waals surface area contributed by atoms with Crippen molar-refractivity contribution < 1.29 is 4.74 Å². The Morgan fingerprint density at radius 1 is 1.28 bits per heavy atom. The van der Waals surface area contributed by atoms with Crippen molar-refractivity contribution in [1.82, 2.24) is 4.98 Å². The zero-order valence-corrected chi connectivity index (χ0v) is 11.8. The van der Waals surface area contributed by atoms with Crippen LogP contribution in [0, 0.1) is 0 Å². The fourth-order valence-corrected chi connectivity index (χ4v) is 3.57. The first-order valence-corrected chi connectivity index (χ1v) is 7.22. The highest BCUT2D eigenvalue weighted by Gasteiger charge is 2.35. The molecule has 0 saturated carbocycles. The maximum absolute atomic E-state index is 6.11. The number of fused-ring (bicyclic) bond motifs is 3. The number of hydrogen-bond donors (Lipinski definition) is 0. The number of hydrogen-bond acceptors (Lipinski definition) is 3. The minimum Gasteiger partial charge on any atom is -0.482 e. The average molecular weight is 259 g/mol. The average Bonchev–Trinajstić information content (AvgIpc) is 2.74. The van der Waals surface area contributed by atoms with E-state index in [0.717, 1.165) is 29.8 Å². The molecule has 18 heavy (non-hydrogen) atoms. The van der Waals surface area contributed by atoms with Crippen LogP contribution in [0.15, 0.2) is 24.3 Å². The summed E-state index contributed by atoms with van der Waals surface area (Å²) >= 11 is 1.79. The molecule has 3 rings (SSSR count). The number of benzene rings is 1. The van der Waals surface area contributed by atoms with E-state index in [-0.39, 0.29) is 5.60 Å². The molecule has 0 atom stereocenters. The molecule has 1 aliphatic rings. The van der Waals surface area contributed by atoms with E-state index in [1.54, 1.807) is 11.3 Å². The zero-order chi connectivity index (χ0) is 12.8. The van der Waals surface area contributed by atoms with Gasteiger partial charge in [0, 0.05) is 5.56 Å². The van der Waals surface area contributed by atoms with Gasteiger partial charge < -0.3 is 4.74 Å². The lowest BCUT2D eigenvalue weighted by Crippen LogP contribution is -2.27. The van der Waals surface area contributed by atoms with Gasteiger partial charge in [-0.25, -0.2) is 4.98 Å². The molecule has 0 spiro atoms. The van der Waals surface area contributed by atoms with Crippen molar-refractivity contribution in [3.8, 4) is 17.0 Å². The SMILES string of the molecule is CCCc1nc2c(s1)C(C)(C)Oc1ccccc1-2. The molecule has 2 nitrogen and oxygen atoms in total. The molecule has 1 aliphatic heterocycles. The Labute approximate surface area is 112 Å². The molecule has 1 aromatic heterocycles. The van der Waals surface area contributed by atoms with E-state index < -0.39 is 0 Å². The van der Waals surface area contributed by atoms with Crippen LogP contribution in [0.4, 0.5) is 0 Å². The van der Waals surface area contributed by atoms with E-state index in [1.807, 2.05) is 18.2 Å². The van der Waals surface area contributed by atoms with Crippen molar-refractivity contribution in [2.75, 3.05) is 0 Å². The topological polar surface area (TPSA) is 22.1 Å². The van der Waals surface area contributed by atoms with Crippen molar-refractivity contribution in [2.45, 2.75) is 39.2 Å². The normalized spacial score (nSPS) is 15.7. The molecular weight excluding hydrogens is 242 g/mol. The van der Waals surface area contributed by atoms with E-state index in [4.69, 9.17) is 9.72 Å². The Morgan fingerprint density at radius 2 is 2.06 bits per heavy atom. The van der Waals surface area contributed by atoms with Gasteiger partial charge in [0.15, 0.2) is 0 Å². The van der Waals surface area contributed by atoms with Crippen LogP contribution in [-0.4, -0.2) is 4.98 Å². The zero-order valence-electron chi connectivity index (χ0n) is 11.0. The van der Waals surface area contributed by atoms with Gasteiger partial charge in [0.25, 0.3) is 0 Å². The van der Waals surface area contributed by atoms with Crippen molar-refractivity contribution in [3.63, 3.8) is 0 Å². The quantitative estimate of drug-likeness (QED) is 0.798. The molecule has 0 fully saturated rings. The summed E-state index contributed by atoms with van der Waals surface area (Å²) in [5.41, 5.74) is 1.98. The van der Waals surface area contributed by atoms with Crippen LogP contribution in [0.25, 0.3) is 11.3 Å². The summed E-state index contributed by atoms with van der Waals surface area (Å²) in [7, 11) is 0. The maximum atomic E-state index is 6.11. The highest BCUT2D eigenvalue weighted by atomic mass is 32.1. The lowest BCUT2D eigenvalue weighted by molar-refractivity contribution is 0.109. The first-order valence-electron chi connectivity index (χ1n) is 6.40. The number of nitrogens with zero attached hydrogens (tertiary/aromatic N) is 1. The fourth-order valence-electron chi connectivity index (χ4n) is 2.35. The molecule has 0 amide bonds. The van der Waals surface area contributed by atoms with Crippen molar-refractivity contribution in [3.05, 3.63) is 34.2 Å². The second kappa shape index (κ2) is 4.09. The van der Waals surface area contributed by atoms with Crippen LogP contribution in [0.2, 0.25) is 0 Å². The third-order valence-electron chi connectivity index (χ3n) is 3.19. The molecule has 0 radical (unpaired) electrons. The van der Waals surface area contributed by atoms with E-state index >= 15 is 0 Å². The highest BCUT2D eigenvalue weighted by Crippen LogP contribution is 2.47. The van der Waals surface area contributed by atoms with Gasteiger partial charge in [-0.05, 0) is 38.8 Å². The van der Waals surface area contributed by atoms with E-state index in [1.165, 1.54) is 9.88 Å². The third-order valence-corrected chi connectivity index (χ3v) is 4.61. The Balaban J connectivity index is 2.19. The van der Waals surface area contributed by atoms with E-state index in [9.17, 15) is 0 Å². The summed E-state index contributed by atoms with van der Waals surface area (Å²) in [6.07, 6.45) is 2.19. The smallest absolute Gasteiger partial charge is 0.140 e. The molecule has 1 aromatic carbocycles. The van der Waals surface area contributed by atoms with Crippen LogP contribution in [0.5, 0.6) is 5.75 Å². The van der Waals surface area contributed by atoms with Crippen LogP contribution in [-0.2, 0) is 12.0 Å². The summed E-state index contributed by atoms with van der Waals surface area (Å²) in [6, 6.07) is 8.18. The molecule has 2 heterocycles. The summed E-state index contributed by atoms with van der Waals surface area (Å²) < 4.78 is 6.11. The van der Waals surface area contributed by atoms with Crippen molar-refractivity contribution in [1.29, 1.82) is 0 Å². The van der Waals surface area contributed by atoms with Crippen molar-refractivity contribution >= 4 is 11.3 Å². The van der Waals surface area contributed by atoms with Crippen LogP contribution >= 0.6 is 11.3 Å². The number of thiazole rings is 1. The van der Waals surface area contributed by atoms with Gasteiger partial charge in [-0.2, -0.15) is 0 Å². The van der Waals surface area contributed by atoms with Gasteiger partial charge in [-0.3, -0.25) is 0 Å². The molecule has 0 N–H and O–H groups in total. The predicted molar refractivity (Wildman–Crippen MR) is 75.2 cm³/mol. The summed E-state index contributed by atoms with van der Waals surface area (Å²) in [6.45, 7) is 6.43. The Hall–Kier alpha value is -1.35. The summed E-state index contributed by atoms with van der Waals surface area (Å²) in [4.78, 5) is 6.07.